The second-order valence-corrected chi connectivity index (χ2v) is 6.30. The van der Waals surface area contributed by atoms with E-state index in [2.05, 4.69) is 17.4 Å². The molecule has 1 N–H and O–H groups in total. The van der Waals surface area contributed by atoms with Gasteiger partial charge in [-0.2, -0.15) is 0 Å². The van der Waals surface area contributed by atoms with Crippen molar-refractivity contribution in [1.29, 1.82) is 0 Å². The Kier molecular flexibility index (Phi) is 8.21. The van der Waals surface area contributed by atoms with E-state index in [-0.39, 0.29) is 5.91 Å². The zero-order valence-electron chi connectivity index (χ0n) is 13.9. The van der Waals surface area contributed by atoms with E-state index in [1.165, 1.54) is 4.90 Å². The van der Waals surface area contributed by atoms with Crippen molar-refractivity contribution in [1.82, 2.24) is 5.32 Å². The predicted octanol–water partition coefficient (Wildman–Crippen LogP) is 3.62. The first-order valence-electron chi connectivity index (χ1n) is 7.97. The fourth-order valence-corrected chi connectivity index (χ4v) is 2.81. The van der Waals surface area contributed by atoms with E-state index >= 15 is 0 Å². The Morgan fingerprint density at radius 1 is 1.04 bits per heavy atom. The normalized spacial score (nSPS) is 10.4. The van der Waals surface area contributed by atoms with Crippen molar-refractivity contribution in [3.8, 4) is 5.75 Å². The van der Waals surface area contributed by atoms with Gasteiger partial charge in [0.1, 0.15) is 5.75 Å². The molecule has 0 aliphatic heterocycles. The topological polar surface area (TPSA) is 47.6 Å². The maximum absolute atomic E-state index is 11.9. The summed E-state index contributed by atoms with van der Waals surface area (Å²) < 4.78 is 10.7. The Balaban J connectivity index is 1.68. The molecule has 4 nitrogen and oxygen atoms in total. The lowest BCUT2D eigenvalue weighted by Gasteiger charge is -2.08. The van der Waals surface area contributed by atoms with Gasteiger partial charge in [-0.05, 0) is 42.8 Å². The molecular weight excluding hydrogens is 322 g/mol. The smallest absolute Gasteiger partial charge is 0.251 e. The summed E-state index contributed by atoms with van der Waals surface area (Å²) in [7, 11) is 1.65. The number of methoxy groups -OCH3 is 1. The lowest BCUT2D eigenvalue weighted by molar-refractivity contribution is 0.0948. The summed E-state index contributed by atoms with van der Waals surface area (Å²) in [4.78, 5) is 13.2. The van der Waals surface area contributed by atoms with Gasteiger partial charge in [-0.25, -0.2) is 0 Å². The van der Waals surface area contributed by atoms with Crippen LogP contribution in [0.1, 0.15) is 16.8 Å². The van der Waals surface area contributed by atoms with Crippen LogP contribution in [0.15, 0.2) is 59.5 Å². The summed E-state index contributed by atoms with van der Waals surface area (Å²) in [6.45, 7) is 1.89. The molecule has 0 aromatic heterocycles. The minimum absolute atomic E-state index is 0.0720. The molecule has 2 aromatic rings. The van der Waals surface area contributed by atoms with Gasteiger partial charge in [0, 0.05) is 36.5 Å². The van der Waals surface area contributed by atoms with E-state index < -0.39 is 0 Å². The van der Waals surface area contributed by atoms with E-state index in [4.69, 9.17) is 9.47 Å². The highest BCUT2D eigenvalue weighted by Gasteiger charge is 2.05. The first kappa shape index (κ1) is 18.4. The highest BCUT2D eigenvalue weighted by Crippen LogP contribution is 2.18. The number of rotatable bonds is 10. The average Bonchev–Trinajstić information content (AvgIpc) is 2.63. The molecule has 0 spiro atoms. The van der Waals surface area contributed by atoms with Crippen LogP contribution in [-0.4, -0.2) is 38.5 Å². The first-order valence-corrected chi connectivity index (χ1v) is 8.96. The molecule has 0 radical (unpaired) electrons. The summed E-state index contributed by atoms with van der Waals surface area (Å²) in [6, 6.07) is 17.5. The zero-order valence-corrected chi connectivity index (χ0v) is 14.7. The number of ether oxygens (including phenoxy) is 2. The number of amides is 1. The molecule has 0 fully saturated rings. The summed E-state index contributed by atoms with van der Waals surface area (Å²) in [5.74, 6) is 1.59. The van der Waals surface area contributed by atoms with Crippen molar-refractivity contribution in [2.75, 3.05) is 32.6 Å². The summed E-state index contributed by atoms with van der Waals surface area (Å²) in [5.41, 5.74) is 0.637. The van der Waals surface area contributed by atoms with Gasteiger partial charge in [-0.3, -0.25) is 4.79 Å². The van der Waals surface area contributed by atoms with Crippen LogP contribution in [-0.2, 0) is 4.74 Å². The molecule has 0 aliphatic rings. The molecule has 0 saturated heterocycles. The van der Waals surface area contributed by atoms with Gasteiger partial charge in [-0.15, -0.1) is 11.8 Å². The molecule has 0 heterocycles. The number of carbonyl (C=O) groups is 1. The minimum atomic E-state index is -0.0720. The maximum Gasteiger partial charge on any atom is 0.251 e. The average molecular weight is 345 g/mol. The number of hydrogen-bond acceptors (Lipinski definition) is 4. The van der Waals surface area contributed by atoms with Crippen LogP contribution >= 0.6 is 11.8 Å². The maximum atomic E-state index is 11.9. The standard InChI is InChI=1S/C19H23NO3S/c1-22-13-5-12-20-19(21)16-8-10-17(11-9-16)23-14-15-24-18-6-3-2-4-7-18/h2-4,6-11H,5,12-15H2,1H3,(H,20,21). The number of nitrogens with one attached hydrogen (secondary N) is 1. The van der Waals surface area contributed by atoms with Crippen LogP contribution in [0.3, 0.4) is 0 Å². The minimum Gasteiger partial charge on any atom is -0.493 e. The number of benzene rings is 2. The van der Waals surface area contributed by atoms with E-state index in [9.17, 15) is 4.79 Å². The third-order valence-electron chi connectivity index (χ3n) is 3.29. The van der Waals surface area contributed by atoms with Crippen molar-refractivity contribution in [2.45, 2.75) is 11.3 Å². The van der Waals surface area contributed by atoms with Crippen molar-refractivity contribution in [3.05, 3.63) is 60.2 Å². The monoisotopic (exact) mass is 345 g/mol. The fraction of sp³-hybridized carbons (Fsp3) is 0.316. The van der Waals surface area contributed by atoms with Crippen LogP contribution in [0.25, 0.3) is 0 Å². The second-order valence-electron chi connectivity index (χ2n) is 5.14. The Morgan fingerprint density at radius 2 is 1.79 bits per heavy atom. The largest absolute Gasteiger partial charge is 0.493 e. The van der Waals surface area contributed by atoms with E-state index in [0.29, 0.717) is 25.3 Å². The molecule has 2 rings (SSSR count). The van der Waals surface area contributed by atoms with Crippen molar-refractivity contribution in [3.63, 3.8) is 0 Å². The Bertz CT molecular complexity index is 602. The van der Waals surface area contributed by atoms with Crippen molar-refractivity contribution >= 4 is 17.7 Å². The van der Waals surface area contributed by atoms with Crippen LogP contribution in [0.5, 0.6) is 5.75 Å². The van der Waals surface area contributed by atoms with Gasteiger partial charge in [0.2, 0.25) is 0 Å². The zero-order chi connectivity index (χ0) is 17.0. The number of thioether (sulfide) groups is 1. The van der Waals surface area contributed by atoms with Gasteiger partial charge in [0.25, 0.3) is 5.91 Å². The molecule has 24 heavy (non-hydrogen) atoms. The molecule has 0 saturated carbocycles. The molecule has 128 valence electrons. The highest BCUT2D eigenvalue weighted by atomic mass is 32.2. The molecule has 0 aliphatic carbocycles. The van der Waals surface area contributed by atoms with Crippen molar-refractivity contribution < 1.29 is 14.3 Å². The molecule has 0 bridgehead atoms. The highest BCUT2D eigenvalue weighted by molar-refractivity contribution is 7.99. The lowest BCUT2D eigenvalue weighted by atomic mass is 10.2. The van der Waals surface area contributed by atoms with E-state index in [0.717, 1.165) is 17.9 Å². The van der Waals surface area contributed by atoms with Crippen LogP contribution < -0.4 is 10.1 Å². The van der Waals surface area contributed by atoms with Gasteiger partial charge in [0.05, 0.1) is 6.61 Å². The van der Waals surface area contributed by atoms with Crippen molar-refractivity contribution in [2.24, 2.45) is 0 Å². The summed E-state index contributed by atoms with van der Waals surface area (Å²) in [5, 5.41) is 2.86. The van der Waals surface area contributed by atoms with Gasteiger partial charge >= 0.3 is 0 Å². The van der Waals surface area contributed by atoms with E-state index in [1.807, 2.05) is 30.3 Å². The molecule has 5 heteroatoms. The summed E-state index contributed by atoms with van der Waals surface area (Å²) in [6.07, 6.45) is 0.808. The summed E-state index contributed by atoms with van der Waals surface area (Å²) >= 11 is 1.76. The molecular formula is C19H23NO3S. The first-order chi connectivity index (χ1) is 11.8. The van der Waals surface area contributed by atoms with Gasteiger partial charge in [-0.1, -0.05) is 18.2 Å². The predicted molar refractivity (Wildman–Crippen MR) is 97.9 cm³/mol. The van der Waals surface area contributed by atoms with Crippen LogP contribution in [0, 0.1) is 0 Å². The second kappa shape index (κ2) is 10.7. The SMILES string of the molecule is COCCCNC(=O)c1ccc(OCCSc2ccccc2)cc1. The Morgan fingerprint density at radius 3 is 2.50 bits per heavy atom. The molecule has 2 aromatic carbocycles. The van der Waals surface area contributed by atoms with E-state index in [1.54, 1.807) is 31.0 Å². The lowest BCUT2D eigenvalue weighted by Crippen LogP contribution is -2.25. The Labute approximate surface area is 147 Å². The molecule has 0 unspecified atom stereocenters. The van der Waals surface area contributed by atoms with Crippen LogP contribution in [0.2, 0.25) is 0 Å². The van der Waals surface area contributed by atoms with Gasteiger partial charge < -0.3 is 14.8 Å². The quantitative estimate of drug-likeness (QED) is 0.528. The number of carbonyl (C=O) groups excluding carboxylic acids is 1. The van der Waals surface area contributed by atoms with Gasteiger partial charge in [0.15, 0.2) is 0 Å². The molecule has 1 amide bonds. The number of hydrogen-bond donors (Lipinski definition) is 1. The van der Waals surface area contributed by atoms with Crippen LogP contribution in [0.4, 0.5) is 0 Å². The third-order valence-corrected chi connectivity index (χ3v) is 4.27. The Hall–Kier alpha value is -1.98. The molecule has 0 atom stereocenters. The third kappa shape index (κ3) is 6.64. The fourth-order valence-electron chi connectivity index (χ4n) is 2.06.